The summed E-state index contributed by atoms with van der Waals surface area (Å²) < 4.78 is 10.8. The Morgan fingerprint density at radius 2 is 2.33 bits per heavy atom. The highest BCUT2D eigenvalue weighted by molar-refractivity contribution is 5.20. The van der Waals surface area contributed by atoms with Crippen molar-refractivity contribution in [2.45, 2.75) is 32.0 Å². The van der Waals surface area contributed by atoms with Crippen LogP contribution in [0, 0.1) is 0 Å². The van der Waals surface area contributed by atoms with Crippen LogP contribution in [0.1, 0.15) is 24.2 Å². The quantitative estimate of drug-likeness (QED) is 0.848. The molecule has 2 aromatic heterocycles. The van der Waals surface area contributed by atoms with Crippen molar-refractivity contribution in [1.29, 1.82) is 0 Å². The molecule has 0 amide bonds. The van der Waals surface area contributed by atoms with Gasteiger partial charge in [0.05, 0.1) is 6.26 Å². The van der Waals surface area contributed by atoms with Gasteiger partial charge >= 0.3 is 0 Å². The van der Waals surface area contributed by atoms with Gasteiger partial charge in [-0.15, -0.1) is 0 Å². The number of rotatable bonds is 6. The van der Waals surface area contributed by atoms with Gasteiger partial charge in [-0.05, 0) is 36.6 Å². The number of nitrogens with zero attached hydrogens (tertiary/aromatic N) is 1. The van der Waals surface area contributed by atoms with Gasteiger partial charge in [-0.3, -0.25) is 0 Å². The molecular formula is C14H16N2O2. The number of ether oxygens (including phenoxy) is 1. The van der Waals surface area contributed by atoms with Gasteiger partial charge in [0.15, 0.2) is 0 Å². The van der Waals surface area contributed by atoms with Crippen molar-refractivity contribution in [3.8, 4) is 5.88 Å². The monoisotopic (exact) mass is 244 g/mol. The van der Waals surface area contributed by atoms with E-state index in [4.69, 9.17) is 9.15 Å². The first kappa shape index (κ1) is 11.3. The minimum absolute atomic E-state index is 0.416. The molecule has 1 fully saturated rings. The Labute approximate surface area is 106 Å². The smallest absolute Gasteiger partial charge is 0.213 e. The van der Waals surface area contributed by atoms with Gasteiger partial charge in [0.25, 0.3) is 0 Å². The lowest BCUT2D eigenvalue weighted by atomic mass is 10.2. The number of furan rings is 1. The third-order valence-corrected chi connectivity index (χ3v) is 2.91. The van der Waals surface area contributed by atoms with Gasteiger partial charge in [-0.2, -0.15) is 0 Å². The molecule has 0 radical (unpaired) electrons. The Bertz CT molecular complexity index is 492. The van der Waals surface area contributed by atoms with Crippen molar-refractivity contribution >= 4 is 0 Å². The van der Waals surface area contributed by atoms with Gasteiger partial charge in [-0.25, -0.2) is 4.98 Å². The van der Waals surface area contributed by atoms with Crippen LogP contribution in [0.5, 0.6) is 5.88 Å². The second-order valence-corrected chi connectivity index (χ2v) is 4.53. The van der Waals surface area contributed by atoms with Crippen LogP contribution in [0.15, 0.2) is 41.1 Å². The number of nitrogens with one attached hydrogen (secondary N) is 1. The van der Waals surface area contributed by atoms with Crippen molar-refractivity contribution in [3.05, 3.63) is 48.0 Å². The average Bonchev–Trinajstić information content (AvgIpc) is 3.09. The fraction of sp³-hybridized carbons (Fsp3) is 0.357. The van der Waals surface area contributed by atoms with E-state index in [-0.39, 0.29) is 0 Å². The lowest BCUT2D eigenvalue weighted by Gasteiger charge is -2.06. The number of aromatic nitrogens is 1. The first-order valence-corrected chi connectivity index (χ1v) is 6.23. The van der Waals surface area contributed by atoms with E-state index < -0.39 is 0 Å². The standard InChI is InChI=1S/C14H16N2O2/c1-2-13(17-7-1)10-18-14-8-11(5-6-15-14)9-16-12-3-4-12/h1-2,5-8,12,16H,3-4,9-10H2. The van der Waals surface area contributed by atoms with Gasteiger partial charge in [0.1, 0.15) is 12.4 Å². The minimum atomic E-state index is 0.416. The summed E-state index contributed by atoms with van der Waals surface area (Å²) in [4.78, 5) is 4.19. The van der Waals surface area contributed by atoms with Gasteiger partial charge in [-0.1, -0.05) is 0 Å². The van der Waals surface area contributed by atoms with Crippen LogP contribution in [-0.2, 0) is 13.2 Å². The third-order valence-electron chi connectivity index (χ3n) is 2.91. The van der Waals surface area contributed by atoms with E-state index in [1.165, 1.54) is 18.4 Å². The Morgan fingerprint density at radius 3 is 3.11 bits per heavy atom. The minimum Gasteiger partial charge on any atom is -0.469 e. The topological polar surface area (TPSA) is 47.3 Å². The number of hydrogen-bond donors (Lipinski definition) is 1. The van der Waals surface area contributed by atoms with Crippen LogP contribution in [0.3, 0.4) is 0 Å². The second-order valence-electron chi connectivity index (χ2n) is 4.53. The summed E-state index contributed by atoms with van der Waals surface area (Å²) in [5.41, 5.74) is 1.20. The molecule has 94 valence electrons. The maximum atomic E-state index is 5.58. The number of pyridine rings is 1. The molecule has 1 N–H and O–H groups in total. The molecule has 1 aliphatic carbocycles. The van der Waals surface area contributed by atoms with Crippen molar-refractivity contribution in [3.63, 3.8) is 0 Å². The zero-order valence-corrected chi connectivity index (χ0v) is 10.1. The Hall–Kier alpha value is -1.81. The average molecular weight is 244 g/mol. The zero-order valence-electron chi connectivity index (χ0n) is 10.1. The fourth-order valence-corrected chi connectivity index (χ4v) is 1.73. The van der Waals surface area contributed by atoms with Gasteiger partial charge in [0, 0.05) is 24.8 Å². The maximum Gasteiger partial charge on any atom is 0.213 e. The molecule has 0 spiro atoms. The predicted octanol–water partition coefficient (Wildman–Crippen LogP) is 2.51. The largest absolute Gasteiger partial charge is 0.469 e. The highest BCUT2D eigenvalue weighted by Crippen LogP contribution is 2.20. The molecule has 2 heterocycles. The molecular weight excluding hydrogens is 228 g/mol. The van der Waals surface area contributed by atoms with Crippen LogP contribution < -0.4 is 10.1 Å². The molecule has 2 aromatic rings. The third kappa shape index (κ3) is 3.11. The molecule has 1 saturated carbocycles. The summed E-state index contributed by atoms with van der Waals surface area (Å²) in [6, 6.07) is 8.43. The summed E-state index contributed by atoms with van der Waals surface area (Å²) in [7, 11) is 0. The maximum absolute atomic E-state index is 5.58. The van der Waals surface area contributed by atoms with Gasteiger partial charge in [0.2, 0.25) is 5.88 Å². The van der Waals surface area contributed by atoms with E-state index in [1.54, 1.807) is 12.5 Å². The molecule has 0 atom stereocenters. The van der Waals surface area contributed by atoms with Crippen molar-refractivity contribution in [1.82, 2.24) is 10.3 Å². The predicted molar refractivity (Wildman–Crippen MR) is 67.1 cm³/mol. The summed E-state index contributed by atoms with van der Waals surface area (Å²) in [5, 5.41) is 3.47. The highest BCUT2D eigenvalue weighted by Gasteiger charge is 2.19. The van der Waals surface area contributed by atoms with Crippen LogP contribution in [0.2, 0.25) is 0 Å². The zero-order chi connectivity index (χ0) is 12.2. The van der Waals surface area contributed by atoms with Gasteiger partial charge < -0.3 is 14.5 Å². The van der Waals surface area contributed by atoms with Crippen molar-refractivity contribution < 1.29 is 9.15 Å². The first-order valence-electron chi connectivity index (χ1n) is 6.23. The summed E-state index contributed by atoms with van der Waals surface area (Å²) >= 11 is 0. The van der Waals surface area contributed by atoms with E-state index in [1.807, 2.05) is 24.3 Å². The molecule has 1 aliphatic rings. The van der Waals surface area contributed by atoms with Crippen LogP contribution in [0.4, 0.5) is 0 Å². The molecule has 3 rings (SSSR count). The van der Waals surface area contributed by atoms with Crippen LogP contribution in [0.25, 0.3) is 0 Å². The number of hydrogen-bond acceptors (Lipinski definition) is 4. The van der Waals surface area contributed by atoms with E-state index >= 15 is 0 Å². The Balaban J connectivity index is 1.55. The molecule has 4 nitrogen and oxygen atoms in total. The van der Waals surface area contributed by atoms with E-state index in [0.29, 0.717) is 18.5 Å². The summed E-state index contributed by atoms with van der Waals surface area (Å²) in [5.74, 6) is 1.44. The normalized spacial score (nSPS) is 14.7. The Morgan fingerprint density at radius 1 is 1.39 bits per heavy atom. The summed E-state index contributed by atoms with van der Waals surface area (Å²) in [6.07, 6.45) is 6.02. The Kier molecular flexibility index (Phi) is 3.28. The molecule has 0 unspecified atom stereocenters. The fourth-order valence-electron chi connectivity index (χ4n) is 1.73. The van der Waals surface area contributed by atoms with E-state index in [2.05, 4.69) is 10.3 Å². The molecule has 0 bridgehead atoms. The lowest BCUT2D eigenvalue weighted by molar-refractivity contribution is 0.260. The highest BCUT2D eigenvalue weighted by atomic mass is 16.5. The second kappa shape index (κ2) is 5.23. The molecule has 0 aromatic carbocycles. The van der Waals surface area contributed by atoms with Crippen molar-refractivity contribution in [2.24, 2.45) is 0 Å². The molecule has 0 aliphatic heterocycles. The van der Waals surface area contributed by atoms with Crippen LogP contribution in [-0.4, -0.2) is 11.0 Å². The van der Waals surface area contributed by atoms with Crippen molar-refractivity contribution in [2.75, 3.05) is 0 Å². The van der Waals surface area contributed by atoms with Crippen LogP contribution >= 0.6 is 0 Å². The summed E-state index contributed by atoms with van der Waals surface area (Å²) in [6.45, 7) is 1.30. The molecule has 18 heavy (non-hydrogen) atoms. The lowest BCUT2D eigenvalue weighted by Crippen LogP contribution is -2.15. The molecule has 0 saturated heterocycles. The SMILES string of the molecule is c1coc(COc2cc(CNC3CC3)ccn2)c1. The molecule has 4 heteroatoms. The van der Waals surface area contributed by atoms with E-state index in [0.717, 1.165) is 12.3 Å². The van der Waals surface area contributed by atoms with E-state index in [9.17, 15) is 0 Å². The first-order chi connectivity index (χ1) is 8.90.